The SMILES string of the molecule is C/C(=C/c1ccc(Br)c(Br)c1)CNC(C)(C)C. The van der Waals surface area contributed by atoms with Crippen LogP contribution in [0.15, 0.2) is 32.7 Å². The molecule has 0 heterocycles. The van der Waals surface area contributed by atoms with E-state index in [2.05, 4.69) is 89.1 Å². The van der Waals surface area contributed by atoms with Gasteiger partial charge in [0.1, 0.15) is 0 Å². The van der Waals surface area contributed by atoms with Gasteiger partial charge in [-0.25, -0.2) is 0 Å². The molecular weight excluding hydrogens is 342 g/mol. The standard InChI is InChI=1S/C14H19Br2N/c1-10(9-17-14(2,3)4)7-11-5-6-12(15)13(16)8-11/h5-8,17H,9H2,1-4H3/b10-7-. The van der Waals surface area contributed by atoms with Crippen molar-refractivity contribution in [3.63, 3.8) is 0 Å². The van der Waals surface area contributed by atoms with Crippen molar-refractivity contribution in [3.8, 4) is 0 Å². The molecule has 1 N–H and O–H groups in total. The zero-order chi connectivity index (χ0) is 13.1. The summed E-state index contributed by atoms with van der Waals surface area (Å²) in [4.78, 5) is 0. The zero-order valence-electron chi connectivity index (χ0n) is 10.8. The Morgan fingerprint density at radius 3 is 2.41 bits per heavy atom. The number of rotatable bonds is 3. The third kappa shape index (κ3) is 5.84. The van der Waals surface area contributed by atoms with Crippen molar-refractivity contribution in [3.05, 3.63) is 38.3 Å². The second-order valence-corrected chi connectivity index (χ2v) is 6.98. The van der Waals surface area contributed by atoms with Crippen LogP contribution in [-0.4, -0.2) is 12.1 Å². The predicted octanol–water partition coefficient (Wildman–Crippen LogP) is 5.00. The van der Waals surface area contributed by atoms with Crippen LogP contribution in [0.4, 0.5) is 0 Å². The maximum Gasteiger partial charge on any atom is 0.0323 e. The van der Waals surface area contributed by atoms with E-state index < -0.39 is 0 Å². The Kier molecular flexibility index (Phi) is 5.42. The summed E-state index contributed by atoms with van der Waals surface area (Å²) in [5.41, 5.74) is 2.71. The molecule has 94 valence electrons. The molecule has 0 atom stereocenters. The summed E-state index contributed by atoms with van der Waals surface area (Å²) in [6.45, 7) is 9.59. The normalized spacial score (nSPS) is 12.9. The van der Waals surface area contributed by atoms with E-state index in [0.29, 0.717) is 0 Å². The fourth-order valence-corrected chi connectivity index (χ4v) is 1.99. The quantitative estimate of drug-likeness (QED) is 0.799. The van der Waals surface area contributed by atoms with Gasteiger partial charge in [-0.2, -0.15) is 0 Å². The van der Waals surface area contributed by atoms with Gasteiger partial charge in [0.05, 0.1) is 0 Å². The van der Waals surface area contributed by atoms with Gasteiger partial charge in [-0.3, -0.25) is 0 Å². The lowest BCUT2D eigenvalue weighted by molar-refractivity contribution is 0.445. The van der Waals surface area contributed by atoms with Crippen LogP contribution in [0.3, 0.4) is 0 Å². The molecule has 0 spiro atoms. The van der Waals surface area contributed by atoms with Gasteiger partial charge in [0.2, 0.25) is 0 Å². The van der Waals surface area contributed by atoms with Crippen molar-refractivity contribution in [1.82, 2.24) is 5.32 Å². The van der Waals surface area contributed by atoms with Gasteiger partial charge in [0.15, 0.2) is 0 Å². The first-order chi connectivity index (χ1) is 7.78. The fraction of sp³-hybridized carbons (Fsp3) is 0.429. The Balaban J connectivity index is 2.71. The van der Waals surface area contributed by atoms with Gasteiger partial charge >= 0.3 is 0 Å². The van der Waals surface area contributed by atoms with Crippen molar-refractivity contribution >= 4 is 37.9 Å². The first-order valence-electron chi connectivity index (χ1n) is 5.65. The minimum atomic E-state index is 0.162. The summed E-state index contributed by atoms with van der Waals surface area (Å²) >= 11 is 6.99. The summed E-state index contributed by atoms with van der Waals surface area (Å²) in [6.07, 6.45) is 2.20. The van der Waals surface area contributed by atoms with Crippen molar-refractivity contribution in [1.29, 1.82) is 0 Å². The zero-order valence-corrected chi connectivity index (χ0v) is 13.9. The topological polar surface area (TPSA) is 12.0 Å². The second-order valence-electron chi connectivity index (χ2n) is 5.27. The van der Waals surface area contributed by atoms with Gasteiger partial charge in [-0.15, -0.1) is 0 Å². The van der Waals surface area contributed by atoms with Gasteiger partial charge < -0.3 is 5.32 Å². The Bertz CT molecular complexity index is 417. The monoisotopic (exact) mass is 359 g/mol. The molecule has 3 heteroatoms. The highest BCUT2D eigenvalue weighted by Crippen LogP contribution is 2.24. The Labute approximate surface area is 121 Å². The average Bonchev–Trinajstić information content (AvgIpc) is 2.20. The number of hydrogen-bond donors (Lipinski definition) is 1. The Morgan fingerprint density at radius 1 is 1.24 bits per heavy atom. The molecule has 0 aliphatic carbocycles. The number of benzene rings is 1. The lowest BCUT2D eigenvalue weighted by atomic mass is 10.1. The molecule has 17 heavy (non-hydrogen) atoms. The summed E-state index contributed by atoms with van der Waals surface area (Å²) in [5, 5.41) is 3.48. The van der Waals surface area contributed by atoms with E-state index in [0.717, 1.165) is 15.5 Å². The van der Waals surface area contributed by atoms with E-state index in [4.69, 9.17) is 0 Å². The highest BCUT2D eigenvalue weighted by molar-refractivity contribution is 9.13. The van der Waals surface area contributed by atoms with Gasteiger partial charge in [0, 0.05) is 21.0 Å². The third-order valence-electron chi connectivity index (χ3n) is 2.25. The van der Waals surface area contributed by atoms with Crippen molar-refractivity contribution in [2.75, 3.05) is 6.54 Å². The molecular formula is C14H19Br2N. The molecule has 0 amide bonds. The second kappa shape index (κ2) is 6.17. The van der Waals surface area contributed by atoms with Crippen LogP contribution in [0, 0.1) is 0 Å². The molecule has 1 aromatic carbocycles. The minimum Gasteiger partial charge on any atom is -0.308 e. The van der Waals surface area contributed by atoms with Crippen molar-refractivity contribution in [2.24, 2.45) is 0 Å². The lowest BCUT2D eigenvalue weighted by Gasteiger charge is -2.20. The smallest absolute Gasteiger partial charge is 0.0323 e. The molecule has 1 aromatic rings. The van der Waals surface area contributed by atoms with E-state index in [9.17, 15) is 0 Å². The van der Waals surface area contributed by atoms with Crippen LogP contribution in [0.5, 0.6) is 0 Å². The van der Waals surface area contributed by atoms with Crippen molar-refractivity contribution < 1.29 is 0 Å². The highest BCUT2D eigenvalue weighted by atomic mass is 79.9. The molecule has 1 nitrogen and oxygen atoms in total. The average molecular weight is 361 g/mol. The highest BCUT2D eigenvalue weighted by Gasteiger charge is 2.07. The lowest BCUT2D eigenvalue weighted by Crippen LogP contribution is -2.36. The maximum absolute atomic E-state index is 3.51. The molecule has 1 rings (SSSR count). The minimum absolute atomic E-state index is 0.162. The molecule has 0 radical (unpaired) electrons. The van der Waals surface area contributed by atoms with Crippen molar-refractivity contribution in [2.45, 2.75) is 33.2 Å². The van der Waals surface area contributed by atoms with Crippen LogP contribution < -0.4 is 5.32 Å². The van der Waals surface area contributed by atoms with Gasteiger partial charge in [-0.05, 0) is 77.3 Å². The Hall–Kier alpha value is -0.120. The molecule has 0 aliphatic heterocycles. The van der Waals surface area contributed by atoms with Crippen LogP contribution in [0.1, 0.15) is 33.3 Å². The van der Waals surface area contributed by atoms with E-state index >= 15 is 0 Å². The molecule has 0 unspecified atom stereocenters. The van der Waals surface area contributed by atoms with E-state index in [1.54, 1.807) is 0 Å². The third-order valence-corrected chi connectivity index (χ3v) is 4.13. The van der Waals surface area contributed by atoms with Crippen LogP contribution in [0.25, 0.3) is 6.08 Å². The van der Waals surface area contributed by atoms with E-state index in [1.165, 1.54) is 11.1 Å². The van der Waals surface area contributed by atoms with E-state index in [1.807, 2.05) is 0 Å². The molecule has 0 bridgehead atoms. The van der Waals surface area contributed by atoms with E-state index in [-0.39, 0.29) is 5.54 Å². The van der Waals surface area contributed by atoms with Crippen LogP contribution >= 0.6 is 31.9 Å². The number of hydrogen-bond acceptors (Lipinski definition) is 1. The number of halogens is 2. The summed E-state index contributed by atoms with van der Waals surface area (Å²) in [7, 11) is 0. The first kappa shape index (κ1) is 14.9. The van der Waals surface area contributed by atoms with Gasteiger partial charge in [0.25, 0.3) is 0 Å². The molecule has 0 aliphatic rings. The molecule has 0 saturated carbocycles. The summed E-state index contributed by atoms with van der Waals surface area (Å²) in [5.74, 6) is 0. The fourth-order valence-electron chi connectivity index (χ4n) is 1.34. The Morgan fingerprint density at radius 2 is 1.88 bits per heavy atom. The first-order valence-corrected chi connectivity index (χ1v) is 7.24. The largest absolute Gasteiger partial charge is 0.308 e. The predicted molar refractivity (Wildman–Crippen MR) is 83.2 cm³/mol. The molecule has 0 saturated heterocycles. The van der Waals surface area contributed by atoms with Crippen LogP contribution in [0.2, 0.25) is 0 Å². The molecule has 0 fully saturated rings. The molecule has 0 aromatic heterocycles. The maximum atomic E-state index is 3.51. The summed E-state index contributed by atoms with van der Waals surface area (Å²) < 4.78 is 2.17. The van der Waals surface area contributed by atoms with Gasteiger partial charge in [-0.1, -0.05) is 17.7 Å². The summed E-state index contributed by atoms with van der Waals surface area (Å²) in [6, 6.07) is 6.28. The van der Waals surface area contributed by atoms with Crippen LogP contribution in [-0.2, 0) is 0 Å². The number of nitrogens with one attached hydrogen (secondary N) is 1.